The summed E-state index contributed by atoms with van der Waals surface area (Å²) in [5, 5.41) is 0. The Morgan fingerprint density at radius 3 is 2.32 bits per heavy atom. The molecule has 2 unspecified atom stereocenters. The zero-order valence-corrected chi connectivity index (χ0v) is 13.1. The molecular formula is C16H26ClNO. The molecule has 1 saturated carbocycles. The van der Waals surface area contributed by atoms with Gasteiger partial charge in [0.2, 0.25) is 0 Å². The molecule has 1 fully saturated rings. The molecular weight excluding hydrogens is 258 g/mol. The third-order valence-electron chi connectivity index (χ3n) is 4.05. The van der Waals surface area contributed by atoms with Crippen LogP contribution in [0.5, 0.6) is 5.75 Å². The Bertz CT molecular complexity index is 364. The van der Waals surface area contributed by atoms with Crippen LogP contribution in [0.15, 0.2) is 24.3 Å². The van der Waals surface area contributed by atoms with E-state index in [4.69, 9.17) is 4.74 Å². The molecule has 0 aliphatic heterocycles. The summed E-state index contributed by atoms with van der Waals surface area (Å²) >= 11 is 0. The van der Waals surface area contributed by atoms with Crippen molar-refractivity contribution in [3.05, 3.63) is 29.8 Å². The minimum atomic E-state index is 0. The molecule has 2 atom stereocenters. The first-order valence-electron chi connectivity index (χ1n) is 6.99. The number of benzene rings is 1. The molecule has 0 aromatic heterocycles. The lowest BCUT2D eigenvalue weighted by atomic mass is 9.75. The zero-order valence-electron chi connectivity index (χ0n) is 12.3. The van der Waals surface area contributed by atoms with Crippen molar-refractivity contribution in [3.8, 4) is 5.75 Å². The highest BCUT2D eigenvalue weighted by molar-refractivity contribution is 5.85. The summed E-state index contributed by atoms with van der Waals surface area (Å²) in [6.07, 6.45) is 5.48. The van der Waals surface area contributed by atoms with Crippen molar-refractivity contribution < 1.29 is 4.74 Å². The molecule has 0 N–H and O–H groups in total. The van der Waals surface area contributed by atoms with Gasteiger partial charge in [0, 0.05) is 6.54 Å². The number of ether oxygens (including phenoxy) is 1. The predicted octanol–water partition coefficient (Wildman–Crippen LogP) is 3.95. The fourth-order valence-electron chi connectivity index (χ4n) is 3.19. The third-order valence-corrected chi connectivity index (χ3v) is 4.05. The van der Waals surface area contributed by atoms with E-state index in [9.17, 15) is 0 Å². The van der Waals surface area contributed by atoms with Crippen molar-refractivity contribution in [2.24, 2.45) is 5.92 Å². The van der Waals surface area contributed by atoms with Crippen molar-refractivity contribution in [1.82, 2.24) is 4.90 Å². The second kappa shape index (κ2) is 7.76. The minimum absolute atomic E-state index is 0. The molecule has 0 amide bonds. The Balaban J connectivity index is 0.00000180. The van der Waals surface area contributed by atoms with Crippen molar-refractivity contribution in [1.29, 1.82) is 0 Å². The monoisotopic (exact) mass is 283 g/mol. The van der Waals surface area contributed by atoms with Crippen LogP contribution in [0, 0.1) is 5.92 Å². The molecule has 0 bridgehead atoms. The average molecular weight is 284 g/mol. The van der Waals surface area contributed by atoms with Crippen LogP contribution in [-0.2, 0) is 0 Å². The summed E-state index contributed by atoms with van der Waals surface area (Å²) in [5.41, 5.74) is 1.49. The average Bonchev–Trinajstić information content (AvgIpc) is 2.39. The maximum absolute atomic E-state index is 5.24. The van der Waals surface area contributed by atoms with Gasteiger partial charge in [-0.05, 0) is 56.5 Å². The van der Waals surface area contributed by atoms with Gasteiger partial charge in [0.05, 0.1) is 7.11 Å². The highest BCUT2D eigenvalue weighted by Gasteiger charge is 2.26. The summed E-state index contributed by atoms with van der Waals surface area (Å²) < 4.78 is 5.24. The molecule has 0 radical (unpaired) electrons. The first-order valence-corrected chi connectivity index (χ1v) is 6.99. The van der Waals surface area contributed by atoms with Crippen LogP contribution in [0.2, 0.25) is 0 Å². The van der Waals surface area contributed by atoms with Gasteiger partial charge >= 0.3 is 0 Å². The molecule has 1 aliphatic rings. The molecule has 2 nitrogen and oxygen atoms in total. The zero-order chi connectivity index (χ0) is 13.0. The van der Waals surface area contributed by atoms with Gasteiger partial charge in [-0.25, -0.2) is 0 Å². The maximum Gasteiger partial charge on any atom is 0.118 e. The van der Waals surface area contributed by atoms with E-state index in [0.717, 1.165) is 17.6 Å². The van der Waals surface area contributed by atoms with Crippen LogP contribution in [-0.4, -0.2) is 32.6 Å². The predicted molar refractivity (Wildman–Crippen MR) is 83.5 cm³/mol. The van der Waals surface area contributed by atoms with E-state index in [1.807, 2.05) is 0 Å². The molecule has 108 valence electrons. The Kier molecular flexibility index (Phi) is 6.67. The first-order chi connectivity index (χ1) is 8.70. The summed E-state index contributed by atoms with van der Waals surface area (Å²) in [6.45, 7) is 1.21. The summed E-state index contributed by atoms with van der Waals surface area (Å²) in [5.74, 6) is 2.49. The lowest BCUT2D eigenvalue weighted by Crippen LogP contribution is -2.28. The van der Waals surface area contributed by atoms with E-state index >= 15 is 0 Å². The molecule has 1 aromatic rings. The van der Waals surface area contributed by atoms with Crippen LogP contribution in [0.3, 0.4) is 0 Å². The SMILES string of the molecule is COc1ccc(C2CCCCC2CN(C)C)cc1.Cl. The standard InChI is InChI=1S/C16H25NO.ClH/c1-17(2)12-14-6-4-5-7-16(14)13-8-10-15(18-3)11-9-13;/h8-11,14,16H,4-7,12H2,1-3H3;1H. The number of halogens is 1. The van der Waals surface area contributed by atoms with Crippen LogP contribution < -0.4 is 4.74 Å². The number of hydrogen-bond acceptors (Lipinski definition) is 2. The summed E-state index contributed by atoms with van der Waals surface area (Å²) in [6, 6.07) is 8.68. The van der Waals surface area contributed by atoms with Gasteiger partial charge in [-0.1, -0.05) is 25.0 Å². The van der Waals surface area contributed by atoms with Gasteiger partial charge in [-0.3, -0.25) is 0 Å². The van der Waals surface area contributed by atoms with Crippen molar-refractivity contribution in [2.75, 3.05) is 27.7 Å². The third kappa shape index (κ3) is 4.39. The molecule has 0 heterocycles. The van der Waals surface area contributed by atoms with Crippen LogP contribution in [0.1, 0.15) is 37.2 Å². The van der Waals surface area contributed by atoms with Gasteiger partial charge in [-0.15, -0.1) is 12.4 Å². The van der Waals surface area contributed by atoms with Crippen molar-refractivity contribution in [2.45, 2.75) is 31.6 Å². The van der Waals surface area contributed by atoms with Crippen LogP contribution in [0.4, 0.5) is 0 Å². The Hall–Kier alpha value is -0.730. The Morgan fingerprint density at radius 2 is 1.74 bits per heavy atom. The fraction of sp³-hybridized carbons (Fsp3) is 0.625. The molecule has 19 heavy (non-hydrogen) atoms. The van der Waals surface area contributed by atoms with Gasteiger partial charge < -0.3 is 9.64 Å². The van der Waals surface area contributed by atoms with Gasteiger partial charge in [0.1, 0.15) is 5.75 Å². The van der Waals surface area contributed by atoms with E-state index in [-0.39, 0.29) is 12.4 Å². The number of rotatable bonds is 4. The van der Waals surface area contributed by atoms with Crippen molar-refractivity contribution >= 4 is 12.4 Å². The van der Waals surface area contributed by atoms with E-state index < -0.39 is 0 Å². The smallest absolute Gasteiger partial charge is 0.118 e. The van der Waals surface area contributed by atoms with E-state index in [2.05, 4.69) is 43.3 Å². The Labute approximate surface area is 123 Å². The van der Waals surface area contributed by atoms with E-state index in [1.54, 1.807) is 7.11 Å². The number of hydrogen-bond donors (Lipinski definition) is 0. The first kappa shape index (κ1) is 16.3. The lowest BCUT2D eigenvalue weighted by Gasteiger charge is -2.33. The molecule has 1 aliphatic carbocycles. The normalized spacial score (nSPS) is 22.9. The van der Waals surface area contributed by atoms with Crippen LogP contribution in [0.25, 0.3) is 0 Å². The highest BCUT2D eigenvalue weighted by atomic mass is 35.5. The highest BCUT2D eigenvalue weighted by Crippen LogP contribution is 2.38. The van der Waals surface area contributed by atoms with Gasteiger partial charge in [0.15, 0.2) is 0 Å². The Morgan fingerprint density at radius 1 is 1.11 bits per heavy atom. The summed E-state index contributed by atoms with van der Waals surface area (Å²) in [7, 11) is 6.09. The second-order valence-electron chi connectivity index (χ2n) is 5.69. The molecule has 0 spiro atoms. The van der Waals surface area contributed by atoms with Gasteiger partial charge in [0.25, 0.3) is 0 Å². The van der Waals surface area contributed by atoms with E-state index in [0.29, 0.717) is 0 Å². The van der Waals surface area contributed by atoms with E-state index in [1.165, 1.54) is 37.8 Å². The molecule has 0 saturated heterocycles. The topological polar surface area (TPSA) is 12.5 Å². The maximum atomic E-state index is 5.24. The molecule has 1 aromatic carbocycles. The second-order valence-corrected chi connectivity index (χ2v) is 5.69. The minimum Gasteiger partial charge on any atom is -0.497 e. The lowest BCUT2D eigenvalue weighted by molar-refractivity contribution is 0.233. The van der Waals surface area contributed by atoms with Crippen LogP contribution >= 0.6 is 12.4 Å². The number of methoxy groups -OCH3 is 1. The van der Waals surface area contributed by atoms with Gasteiger partial charge in [-0.2, -0.15) is 0 Å². The quantitative estimate of drug-likeness (QED) is 0.829. The molecule has 2 rings (SSSR count). The fourth-order valence-corrected chi connectivity index (χ4v) is 3.19. The summed E-state index contributed by atoms with van der Waals surface area (Å²) in [4.78, 5) is 2.33. The largest absolute Gasteiger partial charge is 0.497 e. The van der Waals surface area contributed by atoms with Crippen molar-refractivity contribution in [3.63, 3.8) is 0 Å². The molecule has 3 heteroatoms. The number of nitrogens with zero attached hydrogens (tertiary/aromatic N) is 1.